The van der Waals surface area contributed by atoms with Gasteiger partial charge in [0.15, 0.2) is 0 Å². The number of nitrogens with zero attached hydrogens (tertiary/aromatic N) is 2. The molecule has 0 radical (unpaired) electrons. The van der Waals surface area contributed by atoms with Crippen LogP contribution in [0.15, 0.2) is 53.1 Å². The zero-order valence-electron chi connectivity index (χ0n) is 11.9. The molecule has 3 rings (SSSR count). The summed E-state index contributed by atoms with van der Waals surface area (Å²) in [6.07, 6.45) is 0.840. The molecular weight excluding hydrogens is 262 g/mol. The van der Waals surface area contributed by atoms with Gasteiger partial charge in [-0.25, -0.2) is 0 Å². The molecule has 0 spiro atoms. The van der Waals surface area contributed by atoms with Crippen LogP contribution in [0, 0.1) is 6.92 Å². The molecular formula is C17H17N3O. The Morgan fingerprint density at radius 1 is 1.05 bits per heavy atom. The maximum Gasteiger partial charge on any atom is 0.258 e. The van der Waals surface area contributed by atoms with Crippen molar-refractivity contribution in [3.63, 3.8) is 0 Å². The van der Waals surface area contributed by atoms with Crippen molar-refractivity contribution < 1.29 is 4.52 Å². The van der Waals surface area contributed by atoms with Crippen molar-refractivity contribution in [2.24, 2.45) is 5.73 Å². The Hall–Kier alpha value is -2.46. The number of nitrogens with two attached hydrogens (primary N) is 1. The van der Waals surface area contributed by atoms with Crippen molar-refractivity contribution in [1.82, 2.24) is 10.1 Å². The molecule has 2 aromatic carbocycles. The van der Waals surface area contributed by atoms with Gasteiger partial charge in [0, 0.05) is 11.1 Å². The SMILES string of the molecule is Cc1ccc(-c2noc(-c3cccc(CCN)c3)n2)cc1. The van der Waals surface area contributed by atoms with Crippen LogP contribution in [0.5, 0.6) is 0 Å². The molecule has 21 heavy (non-hydrogen) atoms. The van der Waals surface area contributed by atoms with E-state index in [0.717, 1.165) is 17.5 Å². The van der Waals surface area contributed by atoms with Gasteiger partial charge in [-0.3, -0.25) is 0 Å². The van der Waals surface area contributed by atoms with Crippen LogP contribution in [-0.2, 0) is 6.42 Å². The Labute approximate surface area is 123 Å². The fourth-order valence-electron chi connectivity index (χ4n) is 2.19. The van der Waals surface area contributed by atoms with Gasteiger partial charge in [-0.1, -0.05) is 47.1 Å². The van der Waals surface area contributed by atoms with Gasteiger partial charge in [-0.15, -0.1) is 0 Å². The Balaban J connectivity index is 1.91. The first-order valence-corrected chi connectivity index (χ1v) is 6.96. The molecule has 106 valence electrons. The van der Waals surface area contributed by atoms with Crippen LogP contribution < -0.4 is 5.73 Å². The molecule has 4 heteroatoms. The van der Waals surface area contributed by atoms with Crippen LogP contribution in [0.2, 0.25) is 0 Å². The molecule has 0 fully saturated rings. The van der Waals surface area contributed by atoms with Gasteiger partial charge in [0.1, 0.15) is 0 Å². The van der Waals surface area contributed by atoms with Crippen molar-refractivity contribution in [2.45, 2.75) is 13.3 Å². The zero-order chi connectivity index (χ0) is 14.7. The average Bonchev–Trinajstić information content (AvgIpc) is 2.98. The summed E-state index contributed by atoms with van der Waals surface area (Å²) in [5.41, 5.74) is 9.84. The van der Waals surface area contributed by atoms with Crippen molar-refractivity contribution in [3.8, 4) is 22.8 Å². The molecule has 0 bridgehead atoms. The first-order chi connectivity index (χ1) is 10.3. The lowest BCUT2D eigenvalue weighted by Crippen LogP contribution is -2.02. The Morgan fingerprint density at radius 2 is 1.86 bits per heavy atom. The van der Waals surface area contributed by atoms with E-state index in [0.29, 0.717) is 18.3 Å². The van der Waals surface area contributed by atoms with E-state index in [-0.39, 0.29) is 0 Å². The molecule has 4 nitrogen and oxygen atoms in total. The van der Waals surface area contributed by atoms with Crippen molar-refractivity contribution in [1.29, 1.82) is 0 Å². The third-order valence-corrected chi connectivity index (χ3v) is 3.34. The van der Waals surface area contributed by atoms with E-state index in [1.54, 1.807) is 0 Å². The molecule has 1 heterocycles. The van der Waals surface area contributed by atoms with E-state index in [1.165, 1.54) is 11.1 Å². The number of aromatic nitrogens is 2. The maximum absolute atomic E-state index is 5.59. The van der Waals surface area contributed by atoms with Gasteiger partial charge in [-0.2, -0.15) is 4.98 Å². The minimum atomic E-state index is 0.532. The molecule has 3 aromatic rings. The number of benzene rings is 2. The highest BCUT2D eigenvalue weighted by molar-refractivity contribution is 5.60. The third kappa shape index (κ3) is 3.01. The Morgan fingerprint density at radius 3 is 2.62 bits per heavy atom. The lowest BCUT2D eigenvalue weighted by Gasteiger charge is -2.00. The first kappa shape index (κ1) is 13.5. The minimum Gasteiger partial charge on any atom is -0.334 e. The lowest BCUT2D eigenvalue weighted by molar-refractivity contribution is 0.432. The highest BCUT2D eigenvalue weighted by Gasteiger charge is 2.10. The van der Waals surface area contributed by atoms with Crippen molar-refractivity contribution in [3.05, 3.63) is 59.7 Å². The van der Waals surface area contributed by atoms with E-state index in [9.17, 15) is 0 Å². The summed E-state index contributed by atoms with van der Waals surface area (Å²) in [5.74, 6) is 1.14. The van der Waals surface area contributed by atoms with Crippen LogP contribution in [0.3, 0.4) is 0 Å². The largest absolute Gasteiger partial charge is 0.334 e. The molecule has 0 saturated carbocycles. The second kappa shape index (κ2) is 5.89. The van der Waals surface area contributed by atoms with Crippen LogP contribution in [0.1, 0.15) is 11.1 Å². The molecule has 0 aliphatic carbocycles. The zero-order valence-corrected chi connectivity index (χ0v) is 11.9. The summed E-state index contributed by atoms with van der Waals surface area (Å²) in [5, 5.41) is 4.06. The fraction of sp³-hybridized carbons (Fsp3) is 0.176. The van der Waals surface area contributed by atoms with Gasteiger partial charge in [0.25, 0.3) is 5.89 Å². The van der Waals surface area contributed by atoms with Crippen LogP contribution in [-0.4, -0.2) is 16.7 Å². The standard InChI is InChI=1S/C17H17N3O/c1-12-5-7-14(8-6-12)16-19-17(21-20-16)15-4-2-3-13(11-15)9-10-18/h2-8,11H,9-10,18H2,1H3. The number of rotatable bonds is 4. The van der Waals surface area contributed by atoms with Gasteiger partial charge < -0.3 is 10.3 Å². The Kier molecular flexibility index (Phi) is 3.79. The maximum atomic E-state index is 5.59. The lowest BCUT2D eigenvalue weighted by atomic mass is 10.1. The summed E-state index contributed by atoms with van der Waals surface area (Å²) in [4.78, 5) is 4.47. The highest BCUT2D eigenvalue weighted by Crippen LogP contribution is 2.23. The number of hydrogen-bond acceptors (Lipinski definition) is 4. The summed E-state index contributed by atoms with van der Waals surface area (Å²) in [6, 6.07) is 16.1. The predicted octanol–water partition coefficient (Wildman–Crippen LogP) is 3.21. The number of hydrogen-bond donors (Lipinski definition) is 1. The second-order valence-corrected chi connectivity index (χ2v) is 5.03. The van der Waals surface area contributed by atoms with Crippen molar-refractivity contribution in [2.75, 3.05) is 6.54 Å². The summed E-state index contributed by atoms with van der Waals surface area (Å²) < 4.78 is 5.38. The molecule has 0 atom stereocenters. The monoisotopic (exact) mass is 279 g/mol. The normalized spacial score (nSPS) is 10.8. The molecule has 1 aromatic heterocycles. The van der Waals surface area contributed by atoms with Crippen LogP contribution >= 0.6 is 0 Å². The fourth-order valence-corrected chi connectivity index (χ4v) is 2.19. The summed E-state index contributed by atoms with van der Waals surface area (Å²) in [7, 11) is 0. The number of aryl methyl sites for hydroxylation is 1. The smallest absolute Gasteiger partial charge is 0.258 e. The van der Waals surface area contributed by atoms with Gasteiger partial charge in [-0.05, 0) is 37.6 Å². The Bertz CT molecular complexity index is 732. The average molecular weight is 279 g/mol. The minimum absolute atomic E-state index is 0.532. The highest BCUT2D eigenvalue weighted by atomic mass is 16.5. The first-order valence-electron chi connectivity index (χ1n) is 6.96. The molecule has 0 amide bonds. The molecule has 0 aliphatic heterocycles. The van der Waals surface area contributed by atoms with Crippen LogP contribution in [0.25, 0.3) is 22.8 Å². The molecule has 0 saturated heterocycles. The molecule has 0 aliphatic rings. The van der Waals surface area contributed by atoms with Crippen molar-refractivity contribution >= 4 is 0 Å². The second-order valence-electron chi connectivity index (χ2n) is 5.03. The van der Waals surface area contributed by atoms with E-state index in [2.05, 4.69) is 10.1 Å². The third-order valence-electron chi connectivity index (χ3n) is 3.34. The molecule has 0 unspecified atom stereocenters. The van der Waals surface area contributed by atoms with E-state index in [4.69, 9.17) is 10.3 Å². The molecule has 2 N–H and O–H groups in total. The van der Waals surface area contributed by atoms with Gasteiger partial charge >= 0.3 is 0 Å². The van der Waals surface area contributed by atoms with E-state index < -0.39 is 0 Å². The predicted molar refractivity (Wildman–Crippen MR) is 82.7 cm³/mol. The van der Waals surface area contributed by atoms with Gasteiger partial charge in [0.05, 0.1) is 0 Å². The topological polar surface area (TPSA) is 64.9 Å². The van der Waals surface area contributed by atoms with Gasteiger partial charge in [0.2, 0.25) is 5.82 Å². The quantitative estimate of drug-likeness (QED) is 0.796. The summed E-state index contributed by atoms with van der Waals surface area (Å²) >= 11 is 0. The van der Waals surface area contributed by atoms with Crippen LogP contribution in [0.4, 0.5) is 0 Å². The summed E-state index contributed by atoms with van der Waals surface area (Å²) in [6.45, 7) is 2.68. The van der Waals surface area contributed by atoms with E-state index in [1.807, 2.05) is 55.5 Å². The van der Waals surface area contributed by atoms with E-state index >= 15 is 0 Å².